The van der Waals surface area contributed by atoms with E-state index < -0.39 is 0 Å². The highest BCUT2D eigenvalue weighted by Crippen LogP contribution is 2.37. The van der Waals surface area contributed by atoms with Crippen LogP contribution in [0, 0.1) is 5.92 Å². The van der Waals surface area contributed by atoms with E-state index in [1.165, 1.54) is 24.6 Å². The minimum atomic E-state index is -0.269. The second kappa shape index (κ2) is 14.5. The fourth-order valence-corrected chi connectivity index (χ4v) is 5.78. The van der Waals surface area contributed by atoms with Gasteiger partial charge in [0.2, 0.25) is 0 Å². The number of carbonyl (C=O) groups is 2. The molecule has 1 saturated heterocycles. The molecule has 47 heavy (non-hydrogen) atoms. The maximum atomic E-state index is 13.0. The van der Waals surface area contributed by atoms with Crippen molar-refractivity contribution < 1.29 is 23.8 Å². The average molecular weight is 634 g/mol. The van der Waals surface area contributed by atoms with Crippen LogP contribution >= 0.6 is 0 Å². The molecule has 2 heterocycles. The van der Waals surface area contributed by atoms with Crippen molar-refractivity contribution in [2.24, 2.45) is 5.92 Å². The predicted molar refractivity (Wildman–Crippen MR) is 184 cm³/mol. The van der Waals surface area contributed by atoms with E-state index in [9.17, 15) is 9.59 Å². The molecule has 0 radical (unpaired) electrons. The molecular formula is C37H39N5O5. The van der Waals surface area contributed by atoms with Crippen LogP contribution in [0.25, 0.3) is 16.5 Å². The molecule has 0 bridgehead atoms. The molecule has 1 aliphatic heterocycles. The maximum Gasteiger partial charge on any atom is 0.186 e. The van der Waals surface area contributed by atoms with Crippen LogP contribution < -0.4 is 24.4 Å². The van der Waals surface area contributed by atoms with Gasteiger partial charge in [-0.3, -0.25) is 9.59 Å². The Labute approximate surface area is 274 Å². The number of ketones is 2. The third kappa shape index (κ3) is 7.61. The van der Waals surface area contributed by atoms with Gasteiger partial charge in [0.05, 0.1) is 25.8 Å². The van der Waals surface area contributed by atoms with E-state index in [4.69, 9.17) is 14.2 Å². The minimum Gasteiger partial charge on any atom is -0.493 e. The van der Waals surface area contributed by atoms with E-state index in [0.29, 0.717) is 70.9 Å². The second-order valence-corrected chi connectivity index (χ2v) is 11.9. The quantitative estimate of drug-likeness (QED) is 0.195. The summed E-state index contributed by atoms with van der Waals surface area (Å²) in [6.45, 7) is 3.82. The first kappa shape index (κ1) is 31.7. The predicted octanol–water partition coefficient (Wildman–Crippen LogP) is 5.71. The number of aromatic nitrogens is 2. The topological polar surface area (TPSA) is 106 Å². The van der Waals surface area contributed by atoms with E-state index in [0.717, 1.165) is 31.6 Å². The number of fused-ring (bicyclic) bond motifs is 1. The lowest BCUT2D eigenvalue weighted by molar-refractivity contribution is -0.113. The van der Waals surface area contributed by atoms with Crippen molar-refractivity contribution in [1.29, 1.82) is 0 Å². The number of allylic oxidation sites excluding steroid dienone is 4. The van der Waals surface area contributed by atoms with Gasteiger partial charge in [0.25, 0.3) is 0 Å². The van der Waals surface area contributed by atoms with Crippen LogP contribution in [0.2, 0.25) is 0 Å². The largest absolute Gasteiger partial charge is 0.493 e. The van der Waals surface area contributed by atoms with Crippen LogP contribution in [0.4, 0.5) is 17.2 Å². The normalized spacial score (nSPS) is 15.4. The molecule has 3 aromatic carbocycles. The molecule has 1 fully saturated rings. The number of methoxy groups -OCH3 is 1. The van der Waals surface area contributed by atoms with E-state index in [1.807, 2.05) is 61.6 Å². The van der Waals surface area contributed by atoms with Crippen LogP contribution in [0.3, 0.4) is 0 Å². The molecule has 0 unspecified atom stereocenters. The monoisotopic (exact) mass is 633 g/mol. The molecule has 10 heteroatoms. The van der Waals surface area contributed by atoms with Gasteiger partial charge in [0.1, 0.15) is 24.5 Å². The van der Waals surface area contributed by atoms with Crippen LogP contribution in [0.5, 0.6) is 17.2 Å². The zero-order valence-electron chi connectivity index (χ0n) is 26.9. The van der Waals surface area contributed by atoms with Crippen molar-refractivity contribution in [2.45, 2.75) is 12.8 Å². The molecule has 0 atom stereocenters. The number of carbonyl (C=O) groups excluding carboxylic acids is 2. The van der Waals surface area contributed by atoms with Crippen molar-refractivity contribution >= 4 is 45.2 Å². The SMILES string of the molecule is COc1cc2c(Nc3ccc(OCCN(C)c4ccccc4)cc3C3=CC(=O)C=CC3=O)ncnc2cc1OCC1CCN(C)CC1. The zero-order chi connectivity index (χ0) is 32.8. The molecule has 1 aromatic heterocycles. The maximum absolute atomic E-state index is 13.0. The van der Waals surface area contributed by atoms with E-state index in [-0.39, 0.29) is 17.1 Å². The van der Waals surface area contributed by atoms with Crippen LogP contribution in [-0.2, 0) is 9.59 Å². The third-order valence-corrected chi connectivity index (χ3v) is 8.61. The number of ether oxygens (including phenoxy) is 3. The number of anilines is 3. The van der Waals surface area contributed by atoms with Gasteiger partial charge in [0.15, 0.2) is 23.1 Å². The van der Waals surface area contributed by atoms with Gasteiger partial charge in [-0.25, -0.2) is 9.97 Å². The van der Waals surface area contributed by atoms with Gasteiger partial charge in [-0.05, 0) is 93.5 Å². The van der Waals surface area contributed by atoms with Crippen molar-refractivity contribution in [3.05, 3.63) is 90.8 Å². The van der Waals surface area contributed by atoms with Gasteiger partial charge in [-0.15, -0.1) is 0 Å². The standard InChI is InChI=1S/C37H39N5O5/c1-41-15-13-25(14-16-41)23-47-36-22-33-31(21-35(36)45-3)37(39-24-38-33)40-32-11-10-28(20-29(32)30-19-27(43)9-12-34(30)44)46-18-17-42(2)26-7-5-4-6-8-26/h4-12,19-22,24-25H,13-18,23H2,1-3H3,(H,38,39,40). The smallest absolute Gasteiger partial charge is 0.186 e. The highest BCUT2D eigenvalue weighted by molar-refractivity contribution is 6.34. The summed E-state index contributed by atoms with van der Waals surface area (Å²) >= 11 is 0. The van der Waals surface area contributed by atoms with Crippen molar-refractivity contribution in [3.8, 4) is 17.2 Å². The lowest BCUT2D eigenvalue weighted by Gasteiger charge is -2.28. The molecule has 1 N–H and O–H groups in total. The fourth-order valence-electron chi connectivity index (χ4n) is 5.78. The summed E-state index contributed by atoms with van der Waals surface area (Å²) in [7, 11) is 5.76. The first-order valence-corrected chi connectivity index (χ1v) is 15.8. The zero-order valence-corrected chi connectivity index (χ0v) is 26.9. The molecule has 0 amide bonds. The van der Waals surface area contributed by atoms with Crippen molar-refractivity contribution in [2.75, 3.05) is 64.3 Å². The average Bonchev–Trinajstić information content (AvgIpc) is 3.09. The highest BCUT2D eigenvalue weighted by Gasteiger charge is 2.22. The first-order chi connectivity index (χ1) is 22.9. The number of hydrogen-bond donors (Lipinski definition) is 1. The number of likely N-dealkylation sites (tertiary alicyclic amines) is 1. The second-order valence-electron chi connectivity index (χ2n) is 11.9. The Balaban J connectivity index is 1.25. The summed E-state index contributed by atoms with van der Waals surface area (Å²) in [5, 5.41) is 4.10. The lowest BCUT2D eigenvalue weighted by atomic mass is 9.94. The van der Waals surface area contributed by atoms with Crippen molar-refractivity contribution in [1.82, 2.24) is 14.9 Å². The van der Waals surface area contributed by atoms with Crippen LogP contribution in [0.1, 0.15) is 18.4 Å². The van der Waals surface area contributed by atoms with Gasteiger partial charge >= 0.3 is 0 Å². The first-order valence-electron chi connectivity index (χ1n) is 15.8. The van der Waals surface area contributed by atoms with Gasteiger partial charge < -0.3 is 29.3 Å². The molecular weight excluding hydrogens is 594 g/mol. The Kier molecular flexibility index (Phi) is 9.78. The van der Waals surface area contributed by atoms with E-state index in [1.54, 1.807) is 13.2 Å². The third-order valence-electron chi connectivity index (χ3n) is 8.61. The van der Waals surface area contributed by atoms with Crippen LogP contribution in [-0.4, -0.2) is 80.5 Å². The number of hydrogen-bond acceptors (Lipinski definition) is 10. The van der Waals surface area contributed by atoms with Gasteiger partial charge in [0, 0.05) is 41.0 Å². The lowest BCUT2D eigenvalue weighted by Crippen LogP contribution is -2.32. The number of rotatable bonds is 12. The number of likely N-dealkylation sites (N-methyl/N-ethyl adjacent to an activating group) is 1. The molecule has 6 rings (SSSR count). The molecule has 1 aliphatic carbocycles. The molecule has 4 aromatic rings. The van der Waals surface area contributed by atoms with Crippen molar-refractivity contribution in [3.63, 3.8) is 0 Å². The summed E-state index contributed by atoms with van der Waals surface area (Å²) in [6.07, 6.45) is 7.59. The fraction of sp³-hybridized carbons (Fsp3) is 0.297. The Hall–Kier alpha value is -5.22. The summed E-state index contributed by atoms with van der Waals surface area (Å²) in [6, 6.07) is 19.2. The number of benzene rings is 3. The number of nitrogens with one attached hydrogen (secondary N) is 1. The Bertz CT molecular complexity index is 1820. The summed E-state index contributed by atoms with van der Waals surface area (Å²) < 4.78 is 18.1. The van der Waals surface area contributed by atoms with Gasteiger partial charge in [-0.1, -0.05) is 18.2 Å². The Morgan fingerprint density at radius 3 is 2.55 bits per heavy atom. The van der Waals surface area contributed by atoms with E-state index in [2.05, 4.69) is 32.1 Å². The molecule has 2 aliphatic rings. The summed E-state index contributed by atoms with van der Waals surface area (Å²) in [5.41, 5.74) is 3.15. The molecule has 0 spiro atoms. The minimum absolute atomic E-state index is 0.258. The number of nitrogens with zero attached hydrogens (tertiary/aromatic N) is 4. The number of para-hydroxylation sites is 1. The van der Waals surface area contributed by atoms with Gasteiger partial charge in [-0.2, -0.15) is 0 Å². The summed E-state index contributed by atoms with van der Waals surface area (Å²) in [4.78, 5) is 38.8. The molecule has 242 valence electrons. The summed E-state index contributed by atoms with van der Waals surface area (Å²) in [5.74, 6) is 2.26. The van der Waals surface area contributed by atoms with Crippen LogP contribution in [0.15, 0.2) is 85.2 Å². The van der Waals surface area contributed by atoms with E-state index >= 15 is 0 Å². The Morgan fingerprint density at radius 2 is 1.77 bits per heavy atom. The molecule has 0 saturated carbocycles. The number of piperidine rings is 1. The highest BCUT2D eigenvalue weighted by atomic mass is 16.5. The Morgan fingerprint density at radius 1 is 0.957 bits per heavy atom. The molecule has 10 nitrogen and oxygen atoms in total.